The molecule has 0 bridgehead atoms. The van der Waals surface area contributed by atoms with Crippen LogP contribution in [0.25, 0.3) is 0 Å². The maximum absolute atomic E-state index is 12.0. The van der Waals surface area contributed by atoms with E-state index in [-0.39, 0.29) is 11.5 Å². The van der Waals surface area contributed by atoms with Crippen LogP contribution in [0.2, 0.25) is 0 Å². The third-order valence-electron chi connectivity index (χ3n) is 3.30. The molecule has 1 amide bonds. The molecule has 2 rings (SSSR count). The van der Waals surface area contributed by atoms with Gasteiger partial charge in [-0.25, -0.2) is 4.79 Å². The van der Waals surface area contributed by atoms with Gasteiger partial charge in [-0.1, -0.05) is 15.9 Å². The number of amides is 1. The summed E-state index contributed by atoms with van der Waals surface area (Å²) in [4.78, 5) is 22.9. The second-order valence-corrected chi connectivity index (χ2v) is 5.91. The first-order chi connectivity index (χ1) is 9.54. The fourth-order valence-electron chi connectivity index (χ4n) is 2.36. The molecule has 1 unspecified atom stereocenters. The van der Waals surface area contributed by atoms with Crippen molar-refractivity contribution in [2.45, 2.75) is 19.3 Å². The molecule has 20 heavy (non-hydrogen) atoms. The zero-order valence-corrected chi connectivity index (χ0v) is 12.6. The number of piperidine rings is 1. The molecule has 0 saturated carbocycles. The van der Waals surface area contributed by atoms with Gasteiger partial charge in [0.2, 0.25) is 5.91 Å². The van der Waals surface area contributed by atoms with Gasteiger partial charge in [0.15, 0.2) is 0 Å². The molecule has 1 atom stereocenters. The molecule has 0 aliphatic carbocycles. The molecule has 1 aromatic carbocycles. The largest absolute Gasteiger partial charge is 0.478 e. The Morgan fingerprint density at radius 3 is 2.85 bits per heavy atom. The smallest absolute Gasteiger partial charge is 0.335 e. The van der Waals surface area contributed by atoms with Crippen molar-refractivity contribution >= 4 is 33.5 Å². The van der Waals surface area contributed by atoms with Gasteiger partial charge >= 0.3 is 5.97 Å². The van der Waals surface area contributed by atoms with Crippen molar-refractivity contribution in [1.29, 1.82) is 0 Å². The molecule has 5 nitrogen and oxygen atoms in total. The zero-order chi connectivity index (χ0) is 14.5. The summed E-state index contributed by atoms with van der Waals surface area (Å²) in [7, 11) is 0. The Morgan fingerprint density at radius 1 is 1.40 bits per heavy atom. The number of benzene rings is 1. The second kappa shape index (κ2) is 6.85. The van der Waals surface area contributed by atoms with Crippen LogP contribution in [0, 0.1) is 5.92 Å². The van der Waals surface area contributed by atoms with E-state index in [4.69, 9.17) is 5.11 Å². The van der Waals surface area contributed by atoms with E-state index in [1.54, 1.807) is 6.07 Å². The molecule has 1 fully saturated rings. The first-order valence-corrected chi connectivity index (χ1v) is 7.38. The summed E-state index contributed by atoms with van der Waals surface area (Å²) in [6, 6.07) is 4.66. The van der Waals surface area contributed by atoms with Gasteiger partial charge in [-0.2, -0.15) is 0 Å². The van der Waals surface area contributed by atoms with Crippen molar-refractivity contribution < 1.29 is 14.7 Å². The quantitative estimate of drug-likeness (QED) is 0.786. The number of hydrogen-bond acceptors (Lipinski definition) is 3. The predicted molar refractivity (Wildman–Crippen MR) is 79.9 cm³/mol. The van der Waals surface area contributed by atoms with Crippen LogP contribution in [0.1, 0.15) is 29.6 Å². The van der Waals surface area contributed by atoms with Crippen LogP contribution in [0.15, 0.2) is 22.7 Å². The van der Waals surface area contributed by atoms with Crippen molar-refractivity contribution in [1.82, 2.24) is 5.32 Å². The average molecular weight is 341 g/mol. The third-order valence-corrected chi connectivity index (χ3v) is 3.76. The maximum Gasteiger partial charge on any atom is 0.335 e. The highest BCUT2D eigenvalue weighted by molar-refractivity contribution is 9.10. The number of halogens is 1. The number of hydrogen-bond donors (Lipinski definition) is 3. The summed E-state index contributed by atoms with van der Waals surface area (Å²) in [5, 5.41) is 15.0. The Hall–Kier alpha value is -1.40. The van der Waals surface area contributed by atoms with Gasteiger partial charge in [-0.05, 0) is 50.0 Å². The average Bonchev–Trinajstić information content (AvgIpc) is 2.38. The Kier molecular flexibility index (Phi) is 5.14. The van der Waals surface area contributed by atoms with E-state index in [0.717, 1.165) is 25.9 Å². The Morgan fingerprint density at radius 2 is 2.20 bits per heavy atom. The molecule has 0 spiro atoms. The van der Waals surface area contributed by atoms with E-state index in [1.165, 1.54) is 12.1 Å². The third kappa shape index (κ3) is 4.31. The minimum Gasteiger partial charge on any atom is -0.478 e. The van der Waals surface area contributed by atoms with E-state index in [9.17, 15) is 9.59 Å². The summed E-state index contributed by atoms with van der Waals surface area (Å²) in [6.07, 6.45) is 2.61. The lowest BCUT2D eigenvalue weighted by molar-refractivity contribution is -0.117. The molecule has 1 aromatic rings. The topological polar surface area (TPSA) is 78.4 Å². The number of rotatable bonds is 4. The number of carbonyl (C=O) groups is 2. The van der Waals surface area contributed by atoms with Crippen molar-refractivity contribution in [3.05, 3.63) is 28.2 Å². The van der Waals surface area contributed by atoms with Gasteiger partial charge in [0, 0.05) is 16.6 Å². The van der Waals surface area contributed by atoms with E-state index in [0.29, 0.717) is 22.5 Å². The van der Waals surface area contributed by atoms with Crippen LogP contribution in [-0.2, 0) is 4.79 Å². The van der Waals surface area contributed by atoms with E-state index < -0.39 is 5.97 Å². The van der Waals surface area contributed by atoms with Gasteiger partial charge in [-0.3, -0.25) is 4.79 Å². The zero-order valence-electron chi connectivity index (χ0n) is 11.0. The summed E-state index contributed by atoms with van der Waals surface area (Å²) in [6.45, 7) is 1.89. The highest BCUT2D eigenvalue weighted by Gasteiger charge is 2.17. The highest BCUT2D eigenvalue weighted by atomic mass is 79.9. The minimum atomic E-state index is -1.02. The van der Waals surface area contributed by atoms with E-state index >= 15 is 0 Å². The van der Waals surface area contributed by atoms with Gasteiger partial charge < -0.3 is 15.7 Å². The maximum atomic E-state index is 12.0. The van der Waals surface area contributed by atoms with E-state index in [1.807, 2.05) is 0 Å². The standard InChI is InChI=1S/C14H17BrN2O3/c15-11-5-10(14(19)20)6-12(7-11)17-13(18)4-9-2-1-3-16-8-9/h5-7,9,16H,1-4,8H2,(H,17,18)(H,19,20). The Balaban J connectivity index is 1.98. The Labute approximate surface area is 125 Å². The fraction of sp³-hybridized carbons (Fsp3) is 0.429. The number of carbonyl (C=O) groups excluding carboxylic acids is 1. The molecule has 1 saturated heterocycles. The lowest BCUT2D eigenvalue weighted by Gasteiger charge is -2.22. The van der Waals surface area contributed by atoms with Gasteiger partial charge in [0.05, 0.1) is 5.56 Å². The van der Waals surface area contributed by atoms with Gasteiger partial charge in [0.25, 0.3) is 0 Å². The number of aromatic carboxylic acids is 1. The molecule has 3 N–H and O–H groups in total. The molecule has 0 aromatic heterocycles. The van der Waals surface area contributed by atoms with E-state index in [2.05, 4.69) is 26.6 Å². The number of nitrogens with one attached hydrogen (secondary N) is 2. The first-order valence-electron chi connectivity index (χ1n) is 6.59. The number of carboxylic acid groups (broad SMARTS) is 1. The molecule has 1 heterocycles. The normalized spacial score (nSPS) is 18.6. The monoisotopic (exact) mass is 340 g/mol. The second-order valence-electron chi connectivity index (χ2n) is 5.00. The highest BCUT2D eigenvalue weighted by Crippen LogP contribution is 2.21. The SMILES string of the molecule is O=C(CC1CCCNC1)Nc1cc(Br)cc(C(=O)O)c1. The van der Waals surface area contributed by atoms with Crippen LogP contribution >= 0.6 is 15.9 Å². The van der Waals surface area contributed by atoms with Crippen LogP contribution in [0.4, 0.5) is 5.69 Å². The molecule has 1 aliphatic rings. The van der Waals surface area contributed by atoms with Crippen molar-refractivity contribution in [2.75, 3.05) is 18.4 Å². The van der Waals surface area contributed by atoms with Gasteiger partial charge in [0.1, 0.15) is 0 Å². The summed E-state index contributed by atoms with van der Waals surface area (Å²) < 4.78 is 0.632. The van der Waals surface area contributed by atoms with Crippen LogP contribution in [0.5, 0.6) is 0 Å². The lowest BCUT2D eigenvalue weighted by Crippen LogP contribution is -2.32. The van der Waals surface area contributed by atoms with Crippen molar-refractivity contribution in [3.63, 3.8) is 0 Å². The number of anilines is 1. The molecular formula is C14H17BrN2O3. The minimum absolute atomic E-state index is 0.0758. The summed E-state index contributed by atoms with van der Waals surface area (Å²) in [5.74, 6) is -0.735. The van der Waals surface area contributed by atoms with Gasteiger partial charge in [-0.15, -0.1) is 0 Å². The van der Waals surface area contributed by atoms with Crippen LogP contribution < -0.4 is 10.6 Å². The predicted octanol–water partition coefficient (Wildman–Crippen LogP) is 2.48. The van der Waals surface area contributed by atoms with Crippen molar-refractivity contribution in [2.24, 2.45) is 5.92 Å². The molecule has 1 aliphatic heterocycles. The lowest BCUT2D eigenvalue weighted by atomic mass is 9.96. The van der Waals surface area contributed by atoms with Crippen LogP contribution in [-0.4, -0.2) is 30.1 Å². The molecule has 108 valence electrons. The molecule has 6 heteroatoms. The van der Waals surface area contributed by atoms with Crippen molar-refractivity contribution in [3.8, 4) is 0 Å². The summed E-state index contributed by atoms with van der Waals surface area (Å²) >= 11 is 3.25. The van der Waals surface area contributed by atoms with Crippen LogP contribution in [0.3, 0.4) is 0 Å². The first kappa shape index (κ1) is 15.0. The molecule has 0 radical (unpaired) electrons. The molecular weight excluding hydrogens is 324 g/mol. The summed E-state index contributed by atoms with van der Waals surface area (Å²) in [5.41, 5.74) is 0.652. The number of carboxylic acids is 1. The fourth-order valence-corrected chi connectivity index (χ4v) is 2.85. The Bertz CT molecular complexity index is 513.